The van der Waals surface area contributed by atoms with Crippen LogP contribution in [-0.4, -0.2) is 34.8 Å². The molecule has 0 saturated heterocycles. The molecule has 2 amide bonds. The molecule has 0 N–H and O–H groups in total. The molecule has 0 fully saturated rings. The molecule has 2 heterocycles. The summed E-state index contributed by atoms with van der Waals surface area (Å²) >= 11 is 3.34. The van der Waals surface area contributed by atoms with Crippen molar-refractivity contribution < 1.29 is 9.59 Å². The molecule has 5 nitrogen and oxygen atoms in total. The quantitative estimate of drug-likeness (QED) is 0.769. The van der Waals surface area contributed by atoms with E-state index in [0.717, 1.165) is 10.0 Å². The van der Waals surface area contributed by atoms with Gasteiger partial charge in [0, 0.05) is 47.0 Å². The van der Waals surface area contributed by atoms with Crippen molar-refractivity contribution in [1.29, 1.82) is 0 Å². The maximum absolute atomic E-state index is 12.6. The van der Waals surface area contributed by atoms with Crippen LogP contribution in [0.25, 0.3) is 5.70 Å². The number of carbonyl (C=O) groups is 2. The van der Waals surface area contributed by atoms with E-state index >= 15 is 0 Å². The molecule has 0 atom stereocenters. The summed E-state index contributed by atoms with van der Waals surface area (Å²) in [5, 5.41) is 0. The van der Waals surface area contributed by atoms with Gasteiger partial charge in [-0.2, -0.15) is 0 Å². The van der Waals surface area contributed by atoms with Gasteiger partial charge in [0.15, 0.2) is 0 Å². The summed E-state index contributed by atoms with van der Waals surface area (Å²) in [6, 6.07) is 11.0. The van der Waals surface area contributed by atoms with Crippen molar-refractivity contribution in [2.45, 2.75) is 13.3 Å². The SMILES string of the molecule is C=C1c2ccccc2C(=O)N1CCC(=O)N(CC)c1ccc(Br)cn1. The fraction of sp³-hybridized carbons (Fsp3) is 0.211. The standard InChI is InChI=1S/C19H18BrN3O2/c1-3-22(17-9-8-14(20)12-21-17)18(24)10-11-23-13(2)15-6-4-5-7-16(15)19(23)25/h4-9,12H,2-3,10-11H2,1H3. The number of aromatic nitrogens is 1. The molecular weight excluding hydrogens is 382 g/mol. The number of pyridine rings is 1. The molecule has 0 aliphatic carbocycles. The fourth-order valence-corrected chi connectivity index (χ4v) is 3.14. The van der Waals surface area contributed by atoms with Crippen LogP contribution in [-0.2, 0) is 4.79 Å². The van der Waals surface area contributed by atoms with Gasteiger partial charge >= 0.3 is 0 Å². The Morgan fingerprint density at radius 2 is 1.96 bits per heavy atom. The minimum absolute atomic E-state index is 0.0751. The average Bonchev–Trinajstić information content (AvgIpc) is 2.87. The summed E-state index contributed by atoms with van der Waals surface area (Å²) in [7, 11) is 0. The monoisotopic (exact) mass is 399 g/mol. The first-order valence-corrected chi connectivity index (χ1v) is 8.84. The van der Waals surface area contributed by atoms with Crippen LogP contribution in [0.4, 0.5) is 5.82 Å². The molecule has 0 spiro atoms. The van der Waals surface area contributed by atoms with Gasteiger partial charge in [-0.15, -0.1) is 0 Å². The molecular formula is C19H18BrN3O2. The van der Waals surface area contributed by atoms with Crippen molar-refractivity contribution in [2.24, 2.45) is 0 Å². The number of rotatable bonds is 5. The molecule has 25 heavy (non-hydrogen) atoms. The Labute approximate surface area is 155 Å². The Balaban J connectivity index is 1.69. The number of nitrogens with zero attached hydrogens (tertiary/aromatic N) is 3. The predicted molar refractivity (Wildman–Crippen MR) is 101 cm³/mol. The molecule has 2 aromatic rings. The second-order valence-corrected chi connectivity index (χ2v) is 6.59. The maximum atomic E-state index is 12.6. The van der Waals surface area contributed by atoms with E-state index in [9.17, 15) is 9.59 Å². The van der Waals surface area contributed by atoms with Crippen molar-refractivity contribution in [2.75, 3.05) is 18.0 Å². The van der Waals surface area contributed by atoms with Crippen molar-refractivity contribution in [3.05, 3.63) is 64.8 Å². The van der Waals surface area contributed by atoms with Crippen LogP contribution in [0, 0.1) is 0 Å². The van der Waals surface area contributed by atoms with Crippen molar-refractivity contribution in [3.63, 3.8) is 0 Å². The van der Waals surface area contributed by atoms with Gasteiger partial charge in [0.1, 0.15) is 5.82 Å². The second kappa shape index (κ2) is 7.19. The molecule has 128 valence electrons. The zero-order valence-corrected chi connectivity index (χ0v) is 15.5. The van der Waals surface area contributed by atoms with Gasteiger partial charge in [0.25, 0.3) is 5.91 Å². The Morgan fingerprint density at radius 1 is 1.24 bits per heavy atom. The number of carbonyl (C=O) groups excluding carboxylic acids is 2. The Kier molecular flexibility index (Phi) is 4.99. The Hall–Kier alpha value is -2.47. The van der Waals surface area contributed by atoms with Crippen LogP contribution in [0.2, 0.25) is 0 Å². The number of halogens is 1. The normalized spacial score (nSPS) is 13.1. The fourth-order valence-electron chi connectivity index (χ4n) is 2.91. The third kappa shape index (κ3) is 3.35. The van der Waals surface area contributed by atoms with Crippen molar-refractivity contribution in [3.8, 4) is 0 Å². The molecule has 1 aliphatic rings. The zero-order valence-electron chi connectivity index (χ0n) is 13.9. The van der Waals surface area contributed by atoms with Crippen LogP contribution in [0.3, 0.4) is 0 Å². The number of hydrogen-bond donors (Lipinski definition) is 0. The van der Waals surface area contributed by atoms with E-state index in [-0.39, 0.29) is 18.2 Å². The van der Waals surface area contributed by atoms with Gasteiger partial charge in [-0.05, 0) is 41.1 Å². The first-order chi connectivity index (χ1) is 12.0. The summed E-state index contributed by atoms with van der Waals surface area (Å²) in [5.74, 6) is 0.428. The highest BCUT2D eigenvalue weighted by atomic mass is 79.9. The number of fused-ring (bicyclic) bond motifs is 1. The van der Waals surface area contributed by atoms with Gasteiger partial charge in [0.05, 0.1) is 0 Å². The molecule has 1 aliphatic heterocycles. The minimum Gasteiger partial charge on any atom is -0.308 e. The number of benzene rings is 1. The molecule has 0 radical (unpaired) electrons. The average molecular weight is 400 g/mol. The first kappa shape index (κ1) is 17.4. The Morgan fingerprint density at radius 3 is 2.56 bits per heavy atom. The van der Waals surface area contributed by atoms with Gasteiger partial charge in [-0.1, -0.05) is 24.8 Å². The summed E-state index contributed by atoms with van der Waals surface area (Å²) < 4.78 is 0.858. The maximum Gasteiger partial charge on any atom is 0.258 e. The molecule has 0 saturated carbocycles. The zero-order chi connectivity index (χ0) is 18.0. The van der Waals surface area contributed by atoms with Gasteiger partial charge in [0.2, 0.25) is 5.91 Å². The molecule has 1 aromatic heterocycles. The number of amides is 2. The van der Waals surface area contributed by atoms with E-state index in [0.29, 0.717) is 30.2 Å². The minimum atomic E-state index is -0.0989. The summed E-state index contributed by atoms with van der Waals surface area (Å²) in [6.45, 7) is 6.72. The topological polar surface area (TPSA) is 53.5 Å². The number of anilines is 1. The summed E-state index contributed by atoms with van der Waals surface area (Å²) in [6.07, 6.45) is 1.87. The second-order valence-electron chi connectivity index (χ2n) is 5.67. The van der Waals surface area contributed by atoms with E-state index in [4.69, 9.17) is 0 Å². The molecule has 0 bridgehead atoms. The number of hydrogen-bond acceptors (Lipinski definition) is 3. The largest absolute Gasteiger partial charge is 0.308 e. The third-order valence-electron chi connectivity index (χ3n) is 4.19. The van der Waals surface area contributed by atoms with E-state index in [2.05, 4.69) is 27.5 Å². The van der Waals surface area contributed by atoms with E-state index in [1.807, 2.05) is 31.2 Å². The van der Waals surface area contributed by atoms with Crippen LogP contribution in [0.15, 0.2) is 53.6 Å². The Bertz CT molecular complexity index is 798. The molecule has 1 aromatic carbocycles. The third-order valence-corrected chi connectivity index (χ3v) is 4.66. The lowest BCUT2D eigenvalue weighted by atomic mass is 10.1. The lowest BCUT2D eigenvalue weighted by Crippen LogP contribution is -2.35. The van der Waals surface area contributed by atoms with Crippen LogP contribution in [0.1, 0.15) is 29.3 Å². The molecule has 6 heteroatoms. The molecule has 0 unspecified atom stereocenters. The summed E-state index contributed by atoms with van der Waals surface area (Å²) in [4.78, 5) is 32.6. The van der Waals surface area contributed by atoms with Crippen molar-refractivity contribution in [1.82, 2.24) is 9.88 Å². The van der Waals surface area contributed by atoms with Gasteiger partial charge < -0.3 is 4.90 Å². The predicted octanol–water partition coefficient (Wildman–Crippen LogP) is 3.71. The van der Waals surface area contributed by atoms with Crippen LogP contribution >= 0.6 is 15.9 Å². The highest BCUT2D eigenvalue weighted by Crippen LogP contribution is 2.31. The van der Waals surface area contributed by atoms with Crippen LogP contribution < -0.4 is 4.90 Å². The van der Waals surface area contributed by atoms with Gasteiger partial charge in [-0.3, -0.25) is 14.5 Å². The first-order valence-electron chi connectivity index (χ1n) is 8.05. The van der Waals surface area contributed by atoms with Crippen LogP contribution in [0.5, 0.6) is 0 Å². The lowest BCUT2D eigenvalue weighted by Gasteiger charge is -2.22. The van der Waals surface area contributed by atoms with E-state index < -0.39 is 0 Å². The van der Waals surface area contributed by atoms with E-state index in [1.54, 1.807) is 28.1 Å². The summed E-state index contributed by atoms with van der Waals surface area (Å²) in [5.41, 5.74) is 2.13. The highest BCUT2D eigenvalue weighted by Gasteiger charge is 2.31. The highest BCUT2D eigenvalue weighted by molar-refractivity contribution is 9.10. The van der Waals surface area contributed by atoms with E-state index in [1.165, 1.54) is 0 Å². The molecule has 3 rings (SSSR count). The lowest BCUT2D eigenvalue weighted by molar-refractivity contribution is -0.118. The van der Waals surface area contributed by atoms with Crippen molar-refractivity contribution >= 4 is 39.3 Å². The smallest absolute Gasteiger partial charge is 0.258 e. The van der Waals surface area contributed by atoms with Gasteiger partial charge in [-0.25, -0.2) is 4.98 Å².